The summed E-state index contributed by atoms with van der Waals surface area (Å²) < 4.78 is 7.82. The van der Waals surface area contributed by atoms with Crippen LogP contribution in [0.25, 0.3) is 5.69 Å². The number of carbonyl (C=O) groups is 2. The molecule has 0 aliphatic carbocycles. The Bertz CT molecular complexity index is 1550. The van der Waals surface area contributed by atoms with Gasteiger partial charge in [-0.15, -0.1) is 0 Å². The molecule has 0 bridgehead atoms. The van der Waals surface area contributed by atoms with E-state index in [0.29, 0.717) is 24.3 Å². The molecule has 1 aliphatic heterocycles. The molecule has 10 heteroatoms. The van der Waals surface area contributed by atoms with Crippen molar-refractivity contribution in [2.75, 3.05) is 43.5 Å². The van der Waals surface area contributed by atoms with Crippen molar-refractivity contribution in [3.8, 4) is 5.69 Å². The summed E-state index contributed by atoms with van der Waals surface area (Å²) in [5.41, 5.74) is 3.47. The number of anilines is 2. The molecule has 1 aromatic heterocycles. The highest BCUT2D eigenvalue weighted by molar-refractivity contribution is 5.97. The van der Waals surface area contributed by atoms with E-state index in [4.69, 9.17) is 4.74 Å². The second-order valence-corrected chi connectivity index (χ2v) is 10.2. The molecule has 1 amide bonds. The van der Waals surface area contributed by atoms with E-state index in [1.54, 1.807) is 35.2 Å². The molecule has 0 radical (unpaired) electrons. The molecule has 10 nitrogen and oxygen atoms in total. The van der Waals surface area contributed by atoms with Crippen LogP contribution in [0.15, 0.2) is 90.0 Å². The Kier molecular flexibility index (Phi) is 8.30. The van der Waals surface area contributed by atoms with E-state index in [2.05, 4.69) is 20.2 Å². The highest BCUT2D eigenvalue weighted by atomic mass is 16.5. The molecule has 3 aromatic carbocycles. The molecule has 4 aromatic rings. The molecule has 212 valence electrons. The van der Waals surface area contributed by atoms with Crippen LogP contribution in [0, 0.1) is 0 Å². The lowest BCUT2D eigenvalue weighted by atomic mass is 10.0. The van der Waals surface area contributed by atoms with Gasteiger partial charge in [0, 0.05) is 37.6 Å². The van der Waals surface area contributed by atoms with Gasteiger partial charge in [0.1, 0.15) is 12.4 Å². The summed E-state index contributed by atoms with van der Waals surface area (Å²) in [5.74, 6) is -0.619. The van der Waals surface area contributed by atoms with Gasteiger partial charge in [0.15, 0.2) is 0 Å². The summed E-state index contributed by atoms with van der Waals surface area (Å²) in [4.78, 5) is 42.7. The zero-order chi connectivity index (χ0) is 28.9. The van der Waals surface area contributed by atoms with Crippen molar-refractivity contribution in [2.24, 2.45) is 0 Å². The van der Waals surface area contributed by atoms with Crippen LogP contribution in [0.5, 0.6) is 0 Å². The fraction of sp³-hybridized carbons (Fsp3) is 0.290. The van der Waals surface area contributed by atoms with E-state index >= 15 is 0 Å². The molecule has 1 saturated heterocycles. The first-order chi connectivity index (χ1) is 19.9. The van der Waals surface area contributed by atoms with E-state index in [1.807, 2.05) is 68.4 Å². The summed E-state index contributed by atoms with van der Waals surface area (Å²) in [7, 11) is 1.33. The number of ether oxygens (including phenoxy) is 1. The maximum absolute atomic E-state index is 13.6. The van der Waals surface area contributed by atoms with Crippen LogP contribution >= 0.6 is 0 Å². The van der Waals surface area contributed by atoms with E-state index < -0.39 is 12.0 Å². The van der Waals surface area contributed by atoms with Gasteiger partial charge < -0.3 is 15.0 Å². The topological polar surface area (TPSA) is 102 Å². The fourth-order valence-electron chi connectivity index (χ4n) is 5.13. The van der Waals surface area contributed by atoms with Crippen LogP contribution in [0.1, 0.15) is 41.9 Å². The normalized spacial score (nSPS) is 14.6. The predicted molar refractivity (Wildman–Crippen MR) is 158 cm³/mol. The number of methoxy groups -OCH3 is 1. The van der Waals surface area contributed by atoms with Gasteiger partial charge >= 0.3 is 11.7 Å². The maximum Gasteiger partial charge on any atom is 0.350 e. The maximum atomic E-state index is 13.6. The van der Waals surface area contributed by atoms with Gasteiger partial charge in [-0.25, -0.2) is 18.8 Å². The van der Waals surface area contributed by atoms with E-state index in [1.165, 1.54) is 11.8 Å². The van der Waals surface area contributed by atoms with Gasteiger partial charge in [-0.2, -0.15) is 5.10 Å². The first-order valence-corrected chi connectivity index (χ1v) is 13.7. The van der Waals surface area contributed by atoms with Crippen LogP contribution in [0.4, 0.5) is 11.4 Å². The van der Waals surface area contributed by atoms with E-state index in [9.17, 15) is 14.4 Å². The Labute approximate surface area is 238 Å². The van der Waals surface area contributed by atoms with Gasteiger partial charge in [0.05, 0.1) is 24.4 Å². The van der Waals surface area contributed by atoms with E-state index in [-0.39, 0.29) is 17.6 Å². The van der Waals surface area contributed by atoms with Crippen molar-refractivity contribution >= 4 is 23.3 Å². The summed E-state index contributed by atoms with van der Waals surface area (Å²) >= 11 is 0. The van der Waals surface area contributed by atoms with Crippen molar-refractivity contribution in [1.82, 2.24) is 19.2 Å². The van der Waals surface area contributed by atoms with Crippen LogP contribution in [0.3, 0.4) is 0 Å². The molecule has 1 fully saturated rings. The number of nitrogens with zero attached hydrogens (tertiary/aromatic N) is 5. The average Bonchev–Trinajstić information content (AvgIpc) is 3.39. The minimum atomic E-state index is -0.494. The number of amides is 1. The molecule has 2 heterocycles. The molecule has 0 saturated carbocycles. The molecule has 0 spiro atoms. The van der Waals surface area contributed by atoms with Crippen LogP contribution in [-0.2, 0) is 9.53 Å². The van der Waals surface area contributed by atoms with Crippen molar-refractivity contribution < 1.29 is 14.3 Å². The Hall–Kier alpha value is -4.70. The lowest BCUT2D eigenvalue weighted by Crippen LogP contribution is -2.50. The number of piperazine rings is 1. The van der Waals surface area contributed by atoms with Crippen LogP contribution in [0.2, 0.25) is 0 Å². The van der Waals surface area contributed by atoms with E-state index in [0.717, 1.165) is 30.0 Å². The number of aromatic nitrogens is 3. The zero-order valence-corrected chi connectivity index (χ0v) is 23.4. The number of hydrogen-bond acceptors (Lipinski definition) is 7. The standard InChI is InChI=1S/C31H34N6O4/c1-22(2)37-31(40)36(21-32-37)27-14-12-26(13-15-27)34-16-18-35(19-17-34)28(23-8-5-4-6-9-23)29(38)33-25-11-7-10-24(20-25)30(39)41-3/h4-15,20-22,28H,16-19H2,1-3H3,(H,33,38). The zero-order valence-electron chi connectivity index (χ0n) is 23.4. The lowest BCUT2D eigenvalue weighted by Gasteiger charge is -2.39. The minimum Gasteiger partial charge on any atom is -0.465 e. The first-order valence-electron chi connectivity index (χ1n) is 13.7. The number of nitrogens with one attached hydrogen (secondary N) is 1. The molecule has 41 heavy (non-hydrogen) atoms. The Balaban J connectivity index is 1.29. The molecule has 1 atom stereocenters. The Morgan fingerprint density at radius 1 is 0.878 bits per heavy atom. The van der Waals surface area contributed by atoms with Gasteiger partial charge in [-0.05, 0) is 61.9 Å². The van der Waals surface area contributed by atoms with Crippen molar-refractivity contribution in [1.29, 1.82) is 0 Å². The Morgan fingerprint density at radius 3 is 2.20 bits per heavy atom. The third-order valence-electron chi connectivity index (χ3n) is 7.27. The number of esters is 1. The van der Waals surface area contributed by atoms with Crippen molar-refractivity contribution in [2.45, 2.75) is 25.9 Å². The average molecular weight is 555 g/mol. The first kappa shape index (κ1) is 27.9. The summed E-state index contributed by atoms with van der Waals surface area (Å²) in [6.45, 7) is 6.68. The summed E-state index contributed by atoms with van der Waals surface area (Å²) in [5, 5.41) is 7.21. The van der Waals surface area contributed by atoms with Crippen molar-refractivity contribution in [3.05, 3.63) is 107 Å². The number of rotatable bonds is 8. The summed E-state index contributed by atoms with van der Waals surface area (Å²) in [6.07, 6.45) is 1.55. The minimum absolute atomic E-state index is 0.00821. The number of hydrogen-bond donors (Lipinski definition) is 1. The molecule has 1 aliphatic rings. The summed E-state index contributed by atoms with van der Waals surface area (Å²) in [6, 6.07) is 23.9. The lowest BCUT2D eigenvalue weighted by molar-refractivity contribution is -0.121. The predicted octanol–water partition coefficient (Wildman–Crippen LogP) is 3.90. The third kappa shape index (κ3) is 6.07. The smallest absolute Gasteiger partial charge is 0.350 e. The Morgan fingerprint density at radius 2 is 1.56 bits per heavy atom. The van der Waals surface area contributed by atoms with Gasteiger partial charge in [0.2, 0.25) is 5.91 Å². The number of carbonyl (C=O) groups excluding carboxylic acids is 2. The highest BCUT2D eigenvalue weighted by Crippen LogP contribution is 2.27. The number of benzene rings is 3. The second-order valence-electron chi connectivity index (χ2n) is 10.2. The van der Waals surface area contributed by atoms with Crippen molar-refractivity contribution in [3.63, 3.8) is 0 Å². The van der Waals surface area contributed by atoms with Gasteiger partial charge in [0.25, 0.3) is 0 Å². The molecular weight excluding hydrogens is 520 g/mol. The van der Waals surface area contributed by atoms with Crippen LogP contribution < -0.4 is 15.9 Å². The second kappa shape index (κ2) is 12.2. The quantitative estimate of drug-likeness (QED) is 0.330. The monoisotopic (exact) mass is 554 g/mol. The molecule has 5 rings (SSSR count). The largest absolute Gasteiger partial charge is 0.465 e. The third-order valence-corrected chi connectivity index (χ3v) is 7.27. The molecule has 1 N–H and O–H groups in total. The van der Waals surface area contributed by atoms with Crippen LogP contribution in [-0.4, -0.2) is 64.4 Å². The fourth-order valence-corrected chi connectivity index (χ4v) is 5.13. The molecule has 1 unspecified atom stereocenters. The highest BCUT2D eigenvalue weighted by Gasteiger charge is 2.31. The molecular formula is C31H34N6O4. The SMILES string of the molecule is COC(=O)c1cccc(NC(=O)C(c2ccccc2)N2CCN(c3ccc(-n4cnn(C(C)C)c4=O)cc3)CC2)c1. The van der Waals surface area contributed by atoms with Gasteiger partial charge in [-0.3, -0.25) is 9.69 Å². The van der Waals surface area contributed by atoms with Gasteiger partial charge in [-0.1, -0.05) is 36.4 Å².